The van der Waals surface area contributed by atoms with Crippen LogP contribution in [-0.4, -0.2) is 27.7 Å². The molecule has 0 radical (unpaired) electrons. The molecule has 6 heteroatoms. The number of hydrogen-bond acceptors (Lipinski definition) is 5. The molecule has 1 aliphatic heterocycles. The molecule has 22 heavy (non-hydrogen) atoms. The van der Waals surface area contributed by atoms with Gasteiger partial charge in [-0.05, 0) is 33.6 Å². The lowest BCUT2D eigenvalue weighted by atomic mass is 10.1. The minimum Gasteiger partial charge on any atom is -0.361 e. The second kappa shape index (κ2) is 5.94. The quantitative estimate of drug-likeness (QED) is 0.850. The fraction of sp³-hybridized carbons (Fsp3) is 0.562. The van der Waals surface area contributed by atoms with Crippen LogP contribution in [0, 0.1) is 20.8 Å². The van der Waals surface area contributed by atoms with Crippen LogP contribution < -0.4 is 0 Å². The van der Waals surface area contributed by atoms with Gasteiger partial charge in [0.15, 0.2) is 5.76 Å². The summed E-state index contributed by atoms with van der Waals surface area (Å²) in [5, 5.41) is 7.87. The van der Waals surface area contributed by atoms with E-state index in [2.05, 4.69) is 10.3 Å². The molecule has 1 saturated heterocycles. The zero-order valence-corrected chi connectivity index (χ0v) is 13.3. The van der Waals surface area contributed by atoms with Gasteiger partial charge in [0.2, 0.25) is 0 Å². The summed E-state index contributed by atoms with van der Waals surface area (Å²) in [7, 11) is 0. The van der Waals surface area contributed by atoms with Gasteiger partial charge in [-0.25, -0.2) is 0 Å². The van der Waals surface area contributed by atoms with Crippen LogP contribution in [0.3, 0.4) is 0 Å². The summed E-state index contributed by atoms with van der Waals surface area (Å²) in [4.78, 5) is 14.9. The topological polar surface area (TPSA) is 72.4 Å². The fourth-order valence-corrected chi connectivity index (χ4v) is 3.12. The molecule has 3 heterocycles. The SMILES string of the molecule is Cc1cc([C@H]2CCCCCN2C(=O)c2c(C)noc2C)on1. The van der Waals surface area contributed by atoms with E-state index in [1.54, 1.807) is 13.8 Å². The number of carbonyl (C=O) groups is 1. The Kier molecular flexibility index (Phi) is 4.00. The molecule has 0 spiro atoms. The van der Waals surface area contributed by atoms with Gasteiger partial charge in [-0.1, -0.05) is 23.2 Å². The number of hydrogen-bond donors (Lipinski definition) is 0. The lowest BCUT2D eigenvalue weighted by Gasteiger charge is -2.28. The first-order valence-electron chi connectivity index (χ1n) is 7.75. The highest BCUT2D eigenvalue weighted by molar-refractivity contribution is 5.96. The number of likely N-dealkylation sites (tertiary alicyclic amines) is 1. The molecule has 0 N–H and O–H groups in total. The zero-order valence-electron chi connectivity index (χ0n) is 13.3. The van der Waals surface area contributed by atoms with E-state index >= 15 is 0 Å². The van der Waals surface area contributed by atoms with Gasteiger partial charge in [0, 0.05) is 12.6 Å². The Bertz CT molecular complexity index is 654. The molecule has 3 rings (SSSR count). The molecule has 0 aliphatic carbocycles. The van der Waals surface area contributed by atoms with Crippen molar-refractivity contribution in [3.63, 3.8) is 0 Å². The molecule has 118 valence electrons. The Balaban J connectivity index is 1.95. The summed E-state index contributed by atoms with van der Waals surface area (Å²) in [6, 6.07) is 1.86. The number of aryl methyl sites for hydroxylation is 3. The van der Waals surface area contributed by atoms with Crippen LogP contribution >= 0.6 is 0 Å². The maximum Gasteiger partial charge on any atom is 0.259 e. The summed E-state index contributed by atoms with van der Waals surface area (Å²) < 4.78 is 10.6. The van der Waals surface area contributed by atoms with Crippen molar-refractivity contribution in [3.8, 4) is 0 Å². The van der Waals surface area contributed by atoms with Crippen LogP contribution in [0.25, 0.3) is 0 Å². The number of rotatable bonds is 2. The smallest absolute Gasteiger partial charge is 0.259 e. The van der Waals surface area contributed by atoms with Crippen molar-refractivity contribution in [2.45, 2.75) is 52.5 Å². The van der Waals surface area contributed by atoms with Gasteiger partial charge >= 0.3 is 0 Å². The number of aromatic nitrogens is 2. The van der Waals surface area contributed by atoms with E-state index in [1.165, 1.54) is 0 Å². The van der Waals surface area contributed by atoms with Crippen molar-refractivity contribution in [3.05, 3.63) is 34.5 Å². The van der Waals surface area contributed by atoms with E-state index in [4.69, 9.17) is 9.05 Å². The Labute approximate surface area is 129 Å². The van der Waals surface area contributed by atoms with E-state index in [1.807, 2.05) is 17.9 Å². The average Bonchev–Trinajstić information content (AvgIpc) is 2.96. The number of carbonyl (C=O) groups excluding carboxylic acids is 1. The Hall–Kier alpha value is -2.11. The Morgan fingerprint density at radius 3 is 2.64 bits per heavy atom. The lowest BCUT2D eigenvalue weighted by molar-refractivity contribution is 0.0648. The van der Waals surface area contributed by atoms with E-state index in [0.717, 1.165) is 37.1 Å². The van der Waals surface area contributed by atoms with Gasteiger partial charge in [0.1, 0.15) is 11.3 Å². The van der Waals surface area contributed by atoms with Gasteiger partial charge in [-0.3, -0.25) is 4.79 Å². The summed E-state index contributed by atoms with van der Waals surface area (Å²) in [6.07, 6.45) is 4.09. The summed E-state index contributed by atoms with van der Waals surface area (Å²) in [5.41, 5.74) is 2.05. The van der Waals surface area contributed by atoms with Crippen molar-refractivity contribution in [2.75, 3.05) is 6.54 Å². The van der Waals surface area contributed by atoms with Gasteiger partial charge in [-0.15, -0.1) is 0 Å². The van der Waals surface area contributed by atoms with Crippen LogP contribution in [0.1, 0.15) is 65.0 Å². The molecule has 1 amide bonds. The lowest BCUT2D eigenvalue weighted by Crippen LogP contribution is -2.35. The molecule has 0 unspecified atom stereocenters. The third-order valence-electron chi connectivity index (χ3n) is 4.24. The van der Waals surface area contributed by atoms with Crippen LogP contribution in [0.5, 0.6) is 0 Å². The molecule has 0 aromatic carbocycles. The van der Waals surface area contributed by atoms with Gasteiger partial charge in [0.25, 0.3) is 5.91 Å². The minimum absolute atomic E-state index is 0.0304. The summed E-state index contributed by atoms with van der Waals surface area (Å²) in [6.45, 7) is 6.19. The fourth-order valence-electron chi connectivity index (χ4n) is 3.12. The standard InChI is InChI=1S/C16H21N3O3/c1-10-9-14(22-17-10)13-7-5-4-6-8-19(13)16(20)15-11(2)18-21-12(15)3/h9,13H,4-8H2,1-3H3/t13-/m1/s1. The van der Waals surface area contributed by atoms with E-state index in [9.17, 15) is 4.79 Å². The molecule has 0 bridgehead atoms. The van der Waals surface area contributed by atoms with Crippen LogP contribution in [0.4, 0.5) is 0 Å². The van der Waals surface area contributed by atoms with Crippen molar-refractivity contribution < 1.29 is 13.8 Å². The first-order chi connectivity index (χ1) is 10.6. The Morgan fingerprint density at radius 2 is 2.00 bits per heavy atom. The maximum atomic E-state index is 13.0. The average molecular weight is 303 g/mol. The van der Waals surface area contributed by atoms with Crippen molar-refractivity contribution in [1.29, 1.82) is 0 Å². The third-order valence-corrected chi connectivity index (χ3v) is 4.24. The van der Waals surface area contributed by atoms with Gasteiger partial charge in [0.05, 0.1) is 17.4 Å². The van der Waals surface area contributed by atoms with Crippen LogP contribution in [0.2, 0.25) is 0 Å². The van der Waals surface area contributed by atoms with E-state index in [-0.39, 0.29) is 11.9 Å². The molecular formula is C16H21N3O3. The maximum absolute atomic E-state index is 13.0. The van der Waals surface area contributed by atoms with Gasteiger partial charge in [-0.2, -0.15) is 0 Å². The van der Waals surface area contributed by atoms with Crippen LogP contribution in [-0.2, 0) is 0 Å². The first-order valence-corrected chi connectivity index (χ1v) is 7.75. The number of amides is 1. The minimum atomic E-state index is -0.0649. The highest BCUT2D eigenvalue weighted by atomic mass is 16.5. The third kappa shape index (κ3) is 2.65. The Morgan fingerprint density at radius 1 is 1.18 bits per heavy atom. The zero-order chi connectivity index (χ0) is 15.7. The first kappa shape index (κ1) is 14.8. The molecule has 0 saturated carbocycles. The molecule has 6 nitrogen and oxygen atoms in total. The normalized spacial score (nSPS) is 19.2. The monoisotopic (exact) mass is 303 g/mol. The van der Waals surface area contributed by atoms with Crippen LogP contribution in [0.15, 0.2) is 15.1 Å². The highest BCUT2D eigenvalue weighted by Gasteiger charge is 2.32. The van der Waals surface area contributed by atoms with Gasteiger partial charge < -0.3 is 13.9 Å². The summed E-state index contributed by atoms with van der Waals surface area (Å²) >= 11 is 0. The van der Waals surface area contributed by atoms with Crippen molar-refractivity contribution >= 4 is 5.91 Å². The summed E-state index contributed by atoms with van der Waals surface area (Å²) in [5.74, 6) is 1.30. The molecule has 2 aromatic heterocycles. The molecule has 2 aromatic rings. The predicted molar refractivity (Wildman–Crippen MR) is 79.5 cm³/mol. The second-order valence-electron chi connectivity index (χ2n) is 5.93. The second-order valence-corrected chi connectivity index (χ2v) is 5.93. The molecule has 1 fully saturated rings. The predicted octanol–water partition coefficient (Wildman–Crippen LogP) is 3.35. The molecule has 1 aliphatic rings. The van der Waals surface area contributed by atoms with E-state index < -0.39 is 0 Å². The largest absolute Gasteiger partial charge is 0.361 e. The van der Waals surface area contributed by atoms with E-state index in [0.29, 0.717) is 23.6 Å². The van der Waals surface area contributed by atoms with Crippen molar-refractivity contribution in [1.82, 2.24) is 15.2 Å². The van der Waals surface area contributed by atoms with Crippen molar-refractivity contribution in [2.24, 2.45) is 0 Å². The number of nitrogens with zero attached hydrogens (tertiary/aromatic N) is 3. The highest BCUT2D eigenvalue weighted by Crippen LogP contribution is 2.32. The molecular weight excluding hydrogens is 282 g/mol. The molecule has 1 atom stereocenters.